The van der Waals surface area contributed by atoms with Crippen LogP contribution >= 0.6 is 11.8 Å². The van der Waals surface area contributed by atoms with Crippen molar-refractivity contribution in [2.24, 2.45) is 4.99 Å². The summed E-state index contributed by atoms with van der Waals surface area (Å²) < 4.78 is 34.9. The molecule has 2 aromatic rings. The summed E-state index contributed by atoms with van der Waals surface area (Å²) in [6.45, 7) is 0.598. The van der Waals surface area contributed by atoms with Gasteiger partial charge >= 0.3 is 0 Å². The number of rotatable bonds is 6. The van der Waals surface area contributed by atoms with Gasteiger partial charge in [-0.1, -0.05) is 42.1 Å². The Bertz CT molecular complexity index is 1080. The molecule has 0 unspecified atom stereocenters. The van der Waals surface area contributed by atoms with E-state index in [-0.39, 0.29) is 22.8 Å². The number of amidine groups is 1. The molecule has 2 aliphatic heterocycles. The number of aliphatic imine (C=N–C) groups is 1. The van der Waals surface area contributed by atoms with E-state index in [1.54, 1.807) is 18.2 Å². The van der Waals surface area contributed by atoms with Gasteiger partial charge in [-0.05, 0) is 24.1 Å². The summed E-state index contributed by atoms with van der Waals surface area (Å²) in [4.78, 5) is 19.3. The molecule has 2 saturated heterocycles. The highest BCUT2D eigenvalue weighted by atomic mass is 32.2. The van der Waals surface area contributed by atoms with Crippen LogP contribution in [0.4, 0.5) is 0 Å². The van der Waals surface area contributed by atoms with Crippen molar-refractivity contribution in [1.82, 2.24) is 4.90 Å². The normalized spacial score (nSPS) is 23.0. The molecular weight excluding hydrogens is 436 g/mol. The highest BCUT2D eigenvalue weighted by Gasteiger charge is 2.48. The molecule has 0 spiro atoms. The predicted octanol–water partition coefficient (Wildman–Crippen LogP) is 2.66. The number of thioether (sulfide) groups is 1. The minimum absolute atomic E-state index is 0.0969. The van der Waals surface area contributed by atoms with Crippen molar-refractivity contribution in [2.45, 2.75) is 17.7 Å². The summed E-state index contributed by atoms with van der Waals surface area (Å²) in [5.74, 6) is 0.813. The third kappa shape index (κ3) is 4.88. The number of sulfone groups is 1. The average Bonchev–Trinajstić information content (AvgIpc) is 3.23. The molecular formula is C22H24N2O5S2. The van der Waals surface area contributed by atoms with E-state index in [0.717, 1.165) is 12.0 Å². The molecule has 0 bridgehead atoms. The topological polar surface area (TPSA) is 85.3 Å². The lowest BCUT2D eigenvalue weighted by molar-refractivity contribution is 0.100. The van der Waals surface area contributed by atoms with Crippen LogP contribution in [0.1, 0.15) is 15.9 Å². The molecule has 7 nitrogen and oxygen atoms in total. The zero-order valence-electron chi connectivity index (χ0n) is 17.4. The Balaban J connectivity index is 1.60. The summed E-state index contributed by atoms with van der Waals surface area (Å²) in [6.07, 6.45) is 0.741. The van der Waals surface area contributed by atoms with Crippen molar-refractivity contribution in [3.8, 4) is 11.5 Å². The fraction of sp³-hybridized carbons (Fsp3) is 0.364. The van der Waals surface area contributed by atoms with E-state index in [9.17, 15) is 13.2 Å². The lowest BCUT2D eigenvalue weighted by Crippen LogP contribution is -2.39. The SMILES string of the molecule is COc1cc(OC)cc(C(=O)N=C2S[C@H]3CS(=O)(=O)C[C@H]3N2CCc2ccccc2)c1. The molecule has 31 heavy (non-hydrogen) atoms. The summed E-state index contributed by atoms with van der Waals surface area (Å²) in [7, 11) is -0.0339. The maximum atomic E-state index is 12.9. The van der Waals surface area contributed by atoms with E-state index in [0.29, 0.717) is 28.8 Å². The number of fused-ring (bicyclic) bond motifs is 1. The van der Waals surface area contributed by atoms with E-state index in [2.05, 4.69) is 4.99 Å². The average molecular weight is 461 g/mol. The van der Waals surface area contributed by atoms with Gasteiger partial charge in [0.05, 0.1) is 31.8 Å². The molecule has 0 radical (unpaired) electrons. The second-order valence-electron chi connectivity index (χ2n) is 7.53. The van der Waals surface area contributed by atoms with E-state index in [1.807, 2.05) is 35.2 Å². The minimum Gasteiger partial charge on any atom is -0.497 e. The standard InChI is InChI=1S/C22H24N2O5S2/c1-28-17-10-16(11-18(12-17)29-2)21(25)23-22-24(9-8-15-6-4-3-5-7-15)19-13-31(26,27)14-20(19)30-22/h3-7,10-12,19-20H,8-9,13-14H2,1-2H3/t19-,20+/m1/s1. The van der Waals surface area contributed by atoms with Crippen LogP contribution in [0.5, 0.6) is 11.5 Å². The van der Waals surface area contributed by atoms with Gasteiger partial charge in [0, 0.05) is 23.4 Å². The first kappa shape index (κ1) is 21.7. The van der Waals surface area contributed by atoms with Crippen molar-refractivity contribution in [1.29, 1.82) is 0 Å². The molecule has 2 aromatic carbocycles. The van der Waals surface area contributed by atoms with Crippen molar-refractivity contribution >= 4 is 32.7 Å². The number of carbonyl (C=O) groups is 1. The first-order valence-electron chi connectivity index (χ1n) is 9.92. The van der Waals surface area contributed by atoms with Crippen LogP contribution in [0, 0.1) is 0 Å². The zero-order valence-corrected chi connectivity index (χ0v) is 19.0. The molecule has 2 heterocycles. The van der Waals surface area contributed by atoms with Crippen molar-refractivity contribution in [3.05, 3.63) is 59.7 Å². The fourth-order valence-corrected chi connectivity index (χ4v) is 7.85. The number of amides is 1. The first-order valence-corrected chi connectivity index (χ1v) is 12.6. The van der Waals surface area contributed by atoms with Crippen molar-refractivity contribution in [2.75, 3.05) is 32.3 Å². The van der Waals surface area contributed by atoms with Crippen LogP contribution in [0.2, 0.25) is 0 Å². The quantitative estimate of drug-likeness (QED) is 0.655. The zero-order chi connectivity index (χ0) is 22.0. The fourth-order valence-electron chi connectivity index (χ4n) is 3.87. The molecule has 2 aliphatic rings. The van der Waals surface area contributed by atoms with Gasteiger partial charge in [-0.3, -0.25) is 4.79 Å². The summed E-state index contributed by atoms with van der Waals surface area (Å²) >= 11 is 1.38. The molecule has 0 aliphatic carbocycles. The largest absolute Gasteiger partial charge is 0.497 e. The van der Waals surface area contributed by atoms with Crippen LogP contribution in [0.3, 0.4) is 0 Å². The van der Waals surface area contributed by atoms with Crippen LogP contribution in [-0.2, 0) is 16.3 Å². The van der Waals surface area contributed by atoms with Gasteiger partial charge in [0.1, 0.15) is 11.5 Å². The Hall–Kier alpha value is -2.52. The lowest BCUT2D eigenvalue weighted by atomic mass is 10.1. The maximum Gasteiger partial charge on any atom is 0.279 e. The van der Waals surface area contributed by atoms with Crippen molar-refractivity contribution < 1.29 is 22.7 Å². The predicted molar refractivity (Wildman–Crippen MR) is 122 cm³/mol. The van der Waals surface area contributed by atoms with Gasteiger partial charge in [-0.2, -0.15) is 4.99 Å². The Labute approximate surface area is 186 Å². The third-order valence-electron chi connectivity index (χ3n) is 5.45. The minimum atomic E-state index is -3.08. The second-order valence-corrected chi connectivity index (χ2v) is 10.9. The van der Waals surface area contributed by atoms with E-state index in [4.69, 9.17) is 9.47 Å². The molecule has 0 N–H and O–H groups in total. The monoisotopic (exact) mass is 460 g/mol. The van der Waals surface area contributed by atoms with Crippen molar-refractivity contribution in [3.63, 3.8) is 0 Å². The van der Waals surface area contributed by atoms with Gasteiger partial charge in [-0.25, -0.2) is 8.42 Å². The Morgan fingerprint density at radius 2 is 1.77 bits per heavy atom. The number of hydrogen-bond acceptors (Lipinski definition) is 6. The molecule has 4 rings (SSSR count). The van der Waals surface area contributed by atoms with Crippen LogP contribution in [0.15, 0.2) is 53.5 Å². The molecule has 0 saturated carbocycles. The molecule has 2 fully saturated rings. The number of nitrogens with zero attached hydrogens (tertiary/aromatic N) is 2. The molecule has 0 aromatic heterocycles. The Morgan fingerprint density at radius 3 is 2.42 bits per heavy atom. The van der Waals surface area contributed by atoms with E-state index < -0.39 is 15.7 Å². The number of methoxy groups -OCH3 is 2. The Kier molecular flexibility index (Phi) is 6.24. The molecule has 9 heteroatoms. The summed E-state index contributed by atoms with van der Waals surface area (Å²) in [5.41, 5.74) is 1.51. The maximum absolute atomic E-state index is 12.9. The van der Waals surface area contributed by atoms with Gasteiger partial charge in [0.2, 0.25) is 0 Å². The molecule has 2 atom stereocenters. The van der Waals surface area contributed by atoms with Gasteiger partial charge in [0.15, 0.2) is 15.0 Å². The highest BCUT2D eigenvalue weighted by molar-refractivity contribution is 8.15. The highest BCUT2D eigenvalue weighted by Crippen LogP contribution is 2.38. The number of carbonyl (C=O) groups excluding carboxylic acids is 1. The smallest absolute Gasteiger partial charge is 0.279 e. The number of hydrogen-bond donors (Lipinski definition) is 0. The van der Waals surface area contributed by atoms with Crippen LogP contribution in [-0.4, -0.2) is 68.0 Å². The van der Waals surface area contributed by atoms with E-state index in [1.165, 1.54) is 26.0 Å². The lowest BCUT2D eigenvalue weighted by Gasteiger charge is -2.24. The van der Waals surface area contributed by atoms with Gasteiger partial charge in [0.25, 0.3) is 5.91 Å². The molecule has 164 valence electrons. The second kappa shape index (κ2) is 8.92. The number of benzene rings is 2. The number of ether oxygens (including phenoxy) is 2. The van der Waals surface area contributed by atoms with E-state index >= 15 is 0 Å². The van der Waals surface area contributed by atoms with Crippen LogP contribution in [0.25, 0.3) is 0 Å². The van der Waals surface area contributed by atoms with Gasteiger partial charge < -0.3 is 14.4 Å². The summed E-state index contributed by atoms with van der Waals surface area (Å²) in [6, 6.07) is 14.8. The van der Waals surface area contributed by atoms with Gasteiger partial charge in [-0.15, -0.1) is 0 Å². The molecule has 1 amide bonds. The summed E-state index contributed by atoms with van der Waals surface area (Å²) in [5, 5.41) is 0.472. The third-order valence-corrected chi connectivity index (χ3v) is 8.70. The van der Waals surface area contributed by atoms with Crippen LogP contribution < -0.4 is 9.47 Å². The Morgan fingerprint density at radius 1 is 1.10 bits per heavy atom. The first-order chi connectivity index (χ1) is 14.9.